The van der Waals surface area contributed by atoms with Crippen molar-refractivity contribution in [3.05, 3.63) is 217 Å². The van der Waals surface area contributed by atoms with Crippen LogP contribution in [0.15, 0.2) is 206 Å². The fourth-order valence-corrected chi connectivity index (χ4v) is 8.79. The zero-order valence-electron chi connectivity index (χ0n) is 38.5. The Bertz CT molecular complexity index is 3540. The number of benzene rings is 9. The van der Waals surface area contributed by atoms with Gasteiger partial charge in [0.25, 0.3) is 0 Å². The standard InChI is InChI=1S/C55H40N2/c1-55(2)50-20-10-8-18-46(50)47-33-32-44(36-51(47)55)56(52-22-12-16-40-15-6-7-17-45(40)52)42-28-25-39(26-29-42)41-27-34-54-49(35-41)48-19-9-11-21-53(48)57(54)43-30-23-38(24-31-43)37-13-4-3-5-14-37/h3-36H,1-2H3/i9D,11D,19D,21D,27D,34D,35D. The summed E-state index contributed by atoms with van der Waals surface area (Å²) in [5.41, 5.74) is 11.3. The minimum Gasteiger partial charge on any atom is -0.310 e. The highest BCUT2D eigenvalue weighted by molar-refractivity contribution is 6.10. The molecule has 0 amide bonds. The molecular formula is C55H40N2. The first-order chi connectivity index (χ1) is 31.0. The second-order valence-electron chi connectivity index (χ2n) is 15.2. The summed E-state index contributed by atoms with van der Waals surface area (Å²) >= 11 is 0. The van der Waals surface area contributed by atoms with Gasteiger partial charge < -0.3 is 9.47 Å². The van der Waals surface area contributed by atoms with E-state index >= 15 is 0 Å². The molecule has 2 nitrogen and oxygen atoms in total. The molecule has 11 rings (SSSR count). The first-order valence-electron chi connectivity index (χ1n) is 22.8. The molecule has 2 heteroatoms. The van der Waals surface area contributed by atoms with Crippen LogP contribution in [0.1, 0.15) is 34.6 Å². The van der Waals surface area contributed by atoms with Crippen LogP contribution < -0.4 is 4.90 Å². The molecule has 1 heterocycles. The Morgan fingerprint density at radius 3 is 1.98 bits per heavy atom. The van der Waals surface area contributed by atoms with Gasteiger partial charge >= 0.3 is 0 Å². The first kappa shape index (κ1) is 26.6. The van der Waals surface area contributed by atoms with Crippen LogP contribution in [0.4, 0.5) is 17.1 Å². The minimum absolute atomic E-state index is 0.0789. The predicted octanol–water partition coefficient (Wildman–Crippen LogP) is 15.0. The molecule has 0 bridgehead atoms. The van der Waals surface area contributed by atoms with Crippen molar-refractivity contribution in [3.8, 4) is 39.1 Å². The Morgan fingerprint density at radius 2 is 1.12 bits per heavy atom. The molecule has 0 fully saturated rings. The average Bonchev–Trinajstić information content (AvgIpc) is 3.80. The van der Waals surface area contributed by atoms with Crippen LogP contribution in [-0.4, -0.2) is 4.57 Å². The zero-order valence-corrected chi connectivity index (χ0v) is 31.5. The third-order valence-corrected chi connectivity index (χ3v) is 11.6. The summed E-state index contributed by atoms with van der Waals surface area (Å²) < 4.78 is 66.0. The molecule has 10 aromatic rings. The lowest BCUT2D eigenvalue weighted by Crippen LogP contribution is -2.16. The van der Waals surface area contributed by atoms with E-state index in [9.17, 15) is 4.11 Å². The van der Waals surface area contributed by atoms with Gasteiger partial charge in [-0.25, -0.2) is 0 Å². The smallest absolute Gasteiger partial charge is 0.0645 e. The number of aromatic nitrogens is 1. The number of fused-ring (bicyclic) bond motifs is 7. The van der Waals surface area contributed by atoms with Crippen molar-refractivity contribution in [1.82, 2.24) is 4.57 Å². The van der Waals surface area contributed by atoms with E-state index in [1.807, 2.05) is 91.0 Å². The van der Waals surface area contributed by atoms with E-state index in [0.29, 0.717) is 11.3 Å². The van der Waals surface area contributed by atoms with E-state index < -0.39 is 12.1 Å². The summed E-state index contributed by atoms with van der Waals surface area (Å²) in [6.45, 7) is 4.55. The molecule has 0 saturated heterocycles. The van der Waals surface area contributed by atoms with Gasteiger partial charge in [-0.2, -0.15) is 0 Å². The molecular weight excluding hydrogens is 689 g/mol. The van der Waals surface area contributed by atoms with Crippen LogP contribution in [-0.2, 0) is 5.41 Å². The lowest BCUT2D eigenvalue weighted by Gasteiger charge is -2.29. The highest BCUT2D eigenvalue weighted by atomic mass is 15.1. The second kappa shape index (κ2) is 13.0. The van der Waals surface area contributed by atoms with Crippen molar-refractivity contribution in [2.75, 3.05) is 4.90 Å². The monoisotopic (exact) mass is 735 g/mol. The average molecular weight is 736 g/mol. The third-order valence-electron chi connectivity index (χ3n) is 11.6. The van der Waals surface area contributed by atoms with Gasteiger partial charge in [-0.05, 0) is 110 Å². The van der Waals surface area contributed by atoms with Gasteiger partial charge in [0, 0.05) is 38.6 Å². The molecule has 0 unspecified atom stereocenters. The Morgan fingerprint density at radius 1 is 0.474 bits per heavy atom. The minimum atomic E-state index is -0.421. The molecule has 0 N–H and O–H groups in total. The highest BCUT2D eigenvalue weighted by Gasteiger charge is 2.35. The van der Waals surface area contributed by atoms with Crippen LogP contribution in [0.25, 0.3) is 71.6 Å². The van der Waals surface area contributed by atoms with Gasteiger partial charge in [0.05, 0.1) is 26.3 Å². The van der Waals surface area contributed by atoms with Crippen molar-refractivity contribution in [2.24, 2.45) is 0 Å². The summed E-state index contributed by atoms with van der Waals surface area (Å²) in [6.07, 6.45) is 0. The summed E-state index contributed by atoms with van der Waals surface area (Å²) in [4.78, 5) is 2.25. The van der Waals surface area contributed by atoms with Crippen LogP contribution >= 0.6 is 0 Å². The van der Waals surface area contributed by atoms with Crippen LogP contribution in [0.3, 0.4) is 0 Å². The van der Waals surface area contributed by atoms with Gasteiger partial charge in [-0.1, -0.05) is 159 Å². The molecule has 0 atom stereocenters. The largest absolute Gasteiger partial charge is 0.310 e. The van der Waals surface area contributed by atoms with Crippen LogP contribution in [0.2, 0.25) is 0 Å². The lowest BCUT2D eigenvalue weighted by atomic mass is 9.82. The maximum absolute atomic E-state index is 9.79. The van der Waals surface area contributed by atoms with E-state index in [1.165, 1.54) is 22.3 Å². The van der Waals surface area contributed by atoms with E-state index in [1.54, 1.807) is 4.57 Å². The van der Waals surface area contributed by atoms with Crippen molar-refractivity contribution in [3.63, 3.8) is 0 Å². The Labute approximate surface area is 343 Å². The van der Waals surface area contributed by atoms with Gasteiger partial charge in [-0.3, -0.25) is 0 Å². The quantitative estimate of drug-likeness (QED) is 0.165. The number of para-hydroxylation sites is 1. The van der Waals surface area contributed by atoms with Gasteiger partial charge in [0.15, 0.2) is 0 Å². The van der Waals surface area contributed by atoms with E-state index in [2.05, 4.69) is 91.5 Å². The van der Waals surface area contributed by atoms with E-state index in [-0.39, 0.29) is 63.0 Å². The third kappa shape index (κ3) is 5.33. The molecule has 57 heavy (non-hydrogen) atoms. The fraction of sp³-hybridized carbons (Fsp3) is 0.0545. The van der Waals surface area contributed by atoms with E-state index in [0.717, 1.165) is 39.0 Å². The molecule has 9 aromatic carbocycles. The highest BCUT2D eigenvalue weighted by Crippen LogP contribution is 2.51. The molecule has 0 saturated carbocycles. The molecule has 1 aliphatic rings. The lowest BCUT2D eigenvalue weighted by molar-refractivity contribution is 0.660. The van der Waals surface area contributed by atoms with Crippen molar-refractivity contribution in [1.29, 1.82) is 0 Å². The number of hydrogen-bond donors (Lipinski definition) is 0. The van der Waals surface area contributed by atoms with Crippen molar-refractivity contribution < 1.29 is 9.60 Å². The maximum atomic E-state index is 9.79. The Hall–Kier alpha value is -7.16. The fourth-order valence-electron chi connectivity index (χ4n) is 8.79. The van der Waals surface area contributed by atoms with Gasteiger partial charge in [0.2, 0.25) is 0 Å². The molecule has 270 valence electrons. The number of hydrogen-bond acceptors (Lipinski definition) is 1. The van der Waals surface area contributed by atoms with Crippen molar-refractivity contribution >= 4 is 49.6 Å². The summed E-state index contributed by atoms with van der Waals surface area (Å²) in [7, 11) is 0. The molecule has 1 aliphatic carbocycles. The van der Waals surface area contributed by atoms with Gasteiger partial charge in [0.1, 0.15) is 0 Å². The molecule has 0 radical (unpaired) electrons. The maximum Gasteiger partial charge on any atom is 0.0645 e. The second-order valence-corrected chi connectivity index (χ2v) is 15.2. The summed E-state index contributed by atoms with van der Waals surface area (Å²) in [5.74, 6) is 0. The van der Waals surface area contributed by atoms with Gasteiger partial charge in [-0.15, -0.1) is 0 Å². The predicted molar refractivity (Wildman–Crippen MR) is 241 cm³/mol. The molecule has 0 aliphatic heterocycles. The summed E-state index contributed by atoms with van der Waals surface area (Å²) in [6, 6.07) is 53.3. The van der Waals surface area contributed by atoms with Crippen LogP contribution in [0, 0.1) is 0 Å². The van der Waals surface area contributed by atoms with Crippen LogP contribution in [0.5, 0.6) is 0 Å². The Kier molecular flexibility index (Phi) is 6.05. The van der Waals surface area contributed by atoms with Crippen molar-refractivity contribution in [2.45, 2.75) is 19.3 Å². The molecule has 1 aromatic heterocycles. The van der Waals surface area contributed by atoms with E-state index in [4.69, 9.17) is 5.48 Å². The zero-order chi connectivity index (χ0) is 44.2. The molecule has 0 spiro atoms. The first-order valence-corrected chi connectivity index (χ1v) is 19.3. The number of nitrogens with zero attached hydrogens (tertiary/aromatic N) is 2. The SMILES string of the molecule is [2H]c1c([2H])c([2H])c2c(c1[2H])c1c([2H])c(-c3ccc(N(c4ccc5c(c4)C(C)(C)c4ccccc4-5)c4cccc5ccccc45)cc3)c([2H])c([2H])c1n2-c1ccc(-c2ccccc2)cc1. The topological polar surface area (TPSA) is 8.17 Å². The summed E-state index contributed by atoms with van der Waals surface area (Å²) in [5, 5.41) is 2.54. The number of rotatable bonds is 6. The number of anilines is 3. The normalized spacial score (nSPS) is 14.6. The Balaban J connectivity index is 1.09.